The van der Waals surface area contributed by atoms with E-state index in [1.807, 2.05) is 24.3 Å². The molecule has 2 aliphatic heterocycles. The first kappa shape index (κ1) is 17.6. The van der Waals surface area contributed by atoms with Crippen molar-refractivity contribution in [1.29, 1.82) is 0 Å². The molecule has 4 atom stereocenters. The van der Waals surface area contributed by atoms with Gasteiger partial charge in [-0.2, -0.15) is 0 Å². The summed E-state index contributed by atoms with van der Waals surface area (Å²) in [5, 5.41) is 29.3. The monoisotopic (exact) mass is 338 g/mol. The second-order valence-electron chi connectivity index (χ2n) is 6.59. The smallest absolute Gasteiger partial charge is 0.119 e. The van der Waals surface area contributed by atoms with Gasteiger partial charge in [0.05, 0.1) is 25.4 Å². The van der Waals surface area contributed by atoms with Gasteiger partial charge >= 0.3 is 0 Å². The molecule has 3 unspecified atom stereocenters. The van der Waals surface area contributed by atoms with Gasteiger partial charge in [-0.3, -0.25) is 0 Å². The molecule has 0 saturated carbocycles. The van der Waals surface area contributed by atoms with Gasteiger partial charge in [0.1, 0.15) is 18.0 Å². The average molecular weight is 338 g/mol. The number of hydrogen-bond acceptors (Lipinski definition) is 6. The zero-order valence-electron chi connectivity index (χ0n) is 13.7. The minimum Gasteiger partial charge on any atom is -0.493 e. The summed E-state index contributed by atoms with van der Waals surface area (Å²) in [7, 11) is 0. The van der Waals surface area contributed by atoms with Crippen LogP contribution in [0.2, 0.25) is 0 Å². The topological polar surface area (TPSA) is 88.4 Å². The summed E-state index contributed by atoms with van der Waals surface area (Å²) in [6.45, 7) is 2.11. The molecule has 0 aliphatic carbocycles. The third-order valence-corrected chi connectivity index (χ3v) is 4.79. The summed E-state index contributed by atoms with van der Waals surface area (Å²) in [6, 6.07) is 7.36. The third-order valence-electron chi connectivity index (χ3n) is 4.79. The molecule has 1 aromatic carbocycles. The number of benzene rings is 1. The summed E-state index contributed by atoms with van der Waals surface area (Å²) >= 11 is 0. The molecule has 0 radical (unpaired) electrons. The highest BCUT2D eigenvalue weighted by Gasteiger charge is 2.37. The minimum atomic E-state index is -0.998. The van der Waals surface area contributed by atoms with Crippen LogP contribution < -0.4 is 4.74 Å². The number of rotatable bonds is 5. The Morgan fingerprint density at radius 2 is 1.79 bits per heavy atom. The van der Waals surface area contributed by atoms with E-state index in [-0.39, 0.29) is 13.0 Å². The van der Waals surface area contributed by atoms with Gasteiger partial charge in [-0.1, -0.05) is 12.1 Å². The molecule has 0 amide bonds. The highest BCUT2D eigenvalue weighted by atomic mass is 16.5. The number of aliphatic hydroxyl groups excluding tert-OH is 3. The van der Waals surface area contributed by atoms with Crippen molar-refractivity contribution in [3.05, 3.63) is 29.8 Å². The van der Waals surface area contributed by atoms with Crippen LogP contribution in [0.3, 0.4) is 0 Å². The van der Waals surface area contributed by atoms with E-state index in [0.29, 0.717) is 12.5 Å². The van der Waals surface area contributed by atoms with Crippen LogP contribution in [-0.4, -0.2) is 60.1 Å². The fourth-order valence-corrected chi connectivity index (χ4v) is 3.23. The van der Waals surface area contributed by atoms with Crippen molar-refractivity contribution < 1.29 is 29.5 Å². The Morgan fingerprint density at radius 1 is 1.08 bits per heavy atom. The van der Waals surface area contributed by atoms with Gasteiger partial charge in [0.2, 0.25) is 0 Å². The molecule has 0 bridgehead atoms. The maximum absolute atomic E-state index is 10.1. The molecule has 3 rings (SSSR count). The standard InChI is InChI=1S/C18H26O6/c19-10-15-9-16(20)17(21)18(24-15)13-1-3-14(4-2-13)23-11-12-5-7-22-8-6-12/h1-4,12,15-21H,5-11H2/t15?,16?,17?,18-/m1/s1. The van der Waals surface area contributed by atoms with Crippen molar-refractivity contribution in [2.24, 2.45) is 5.92 Å². The van der Waals surface area contributed by atoms with Crippen LogP contribution in [-0.2, 0) is 9.47 Å². The molecule has 2 saturated heterocycles. The lowest BCUT2D eigenvalue weighted by molar-refractivity contribution is -0.179. The first-order valence-corrected chi connectivity index (χ1v) is 8.60. The van der Waals surface area contributed by atoms with Crippen molar-refractivity contribution in [1.82, 2.24) is 0 Å². The molecule has 24 heavy (non-hydrogen) atoms. The summed E-state index contributed by atoms with van der Waals surface area (Å²) < 4.78 is 16.9. The molecule has 3 N–H and O–H groups in total. The van der Waals surface area contributed by atoms with E-state index in [4.69, 9.17) is 14.2 Å². The van der Waals surface area contributed by atoms with Gasteiger partial charge in [-0.05, 0) is 36.5 Å². The van der Waals surface area contributed by atoms with Crippen molar-refractivity contribution >= 4 is 0 Å². The van der Waals surface area contributed by atoms with Gasteiger partial charge in [0.25, 0.3) is 0 Å². The number of hydrogen-bond donors (Lipinski definition) is 3. The lowest BCUT2D eigenvalue weighted by Crippen LogP contribution is -2.44. The molecular weight excluding hydrogens is 312 g/mol. The maximum Gasteiger partial charge on any atom is 0.119 e. The minimum absolute atomic E-state index is 0.174. The highest BCUT2D eigenvalue weighted by molar-refractivity contribution is 5.29. The Hall–Kier alpha value is -1.18. The molecule has 2 heterocycles. The molecule has 2 aliphatic rings. The largest absolute Gasteiger partial charge is 0.493 e. The lowest BCUT2D eigenvalue weighted by Gasteiger charge is -2.36. The van der Waals surface area contributed by atoms with E-state index in [1.165, 1.54) is 0 Å². The van der Waals surface area contributed by atoms with Gasteiger partial charge in [0, 0.05) is 19.6 Å². The molecule has 6 heteroatoms. The third kappa shape index (κ3) is 4.26. The van der Waals surface area contributed by atoms with Gasteiger partial charge in [-0.15, -0.1) is 0 Å². The maximum atomic E-state index is 10.1. The Morgan fingerprint density at radius 3 is 2.46 bits per heavy atom. The van der Waals surface area contributed by atoms with Crippen molar-refractivity contribution in [2.45, 2.75) is 43.7 Å². The summed E-state index contributed by atoms with van der Waals surface area (Å²) in [6.07, 6.45) is -0.706. The Balaban J connectivity index is 1.58. The Labute approximate surface area is 142 Å². The van der Waals surface area contributed by atoms with Crippen LogP contribution in [0.25, 0.3) is 0 Å². The molecule has 0 spiro atoms. The fourth-order valence-electron chi connectivity index (χ4n) is 3.23. The van der Waals surface area contributed by atoms with Crippen LogP contribution in [0.5, 0.6) is 5.75 Å². The highest BCUT2D eigenvalue weighted by Crippen LogP contribution is 2.32. The fraction of sp³-hybridized carbons (Fsp3) is 0.667. The first-order valence-electron chi connectivity index (χ1n) is 8.60. The molecule has 0 aromatic heterocycles. The molecule has 134 valence electrons. The Bertz CT molecular complexity index is 499. The summed E-state index contributed by atoms with van der Waals surface area (Å²) in [5.41, 5.74) is 0.762. The van der Waals surface area contributed by atoms with Crippen LogP contribution in [0.1, 0.15) is 30.9 Å². The number of ether oxygens (including phenoxy) is 3. The quantitative estimate of drug-likeness (QED) is 0.743. The van der Waals surface area contributed by atoms with Crippen LogP contribution in [0.15, 0.2) is 24.3 Å². The van der Waals surface area contributed by atoms with E-state index >= 15 is 0 Å². The summed E-state index contributed by atoms with van der Waals surface area (Å²) in [4.78, 5) is 0. The second-order valence-corrected chi connectivity index (χ2v) is 6.59. The van der Waals surface area contributed by atoms with Crippen molar-refractivity contribution in [3.8, 4) is 5.75 Å². The van der Waals surface area contributed by atoms with E-state index in [2.05, 4.69) is 0 Å². The molecule has 2 fully saturated rings. The van der Waals surface area contributed by atoms with Gasteiger partial charge in [0.15, 0.2) is 0 Å². The molecular formula is C18H26O6. The Kier molecular flexibility index (Phi) is 6.08. The van der Waals surface area contributed by atoms with Crippen molar-refractivity contribution in [2.75, 3.05) is 26.4 Å². The van der Waals surface area contributed by atoms with Crippen LogP contribution in [0, 0.1) is 5.92 Å². The number of aliphatic hydroxyl groups is 3. The van der Waals surface area contributed by atoms with Crippen LogP contribution >= 0.6 is 0 Å². The predicted octanol–water partition coefficient (Wildman–Crippen LogP) is 1.04. The van der Waals surface area contributed by atoms with Crippen LogP contribution in [0.4, 0.5) is 0 Å². The zero-order chi connectivity index (χ0) is 16.9. The molecule has 6 nitrogen and oxygen atoms in total. The van der Waals surface area contributed by atoms with Crippen molar-refractivity contribution in [3.63, 3.8) is 0 Å². The first-order chi connectivity index (χ1) is 11.7. The van der Waals surface area contributed by atoms with E-state index < -0.39 is 24.4 Å². The average Bonchev–Trinajstić information content (AvgIpc) is 2.63. The second kappa shape index (κ2) is 8.27. The van der Waals surface area contributed by atoms with E-state index in [0.717, 1.165) is 37.4 Å². The van der Waals surface area contributed by atoms with Gasteiger partial charge in [-0.25, -0.2) is 0 Å². The van der Waals surface area contributed by atoms with Gasteiger partial charge < -0.3 is 29.5 Å². The lowest BCUT2D eigenvalue weighted by atomic mass is 9.93. The summed E-state index contributed by atoms with van der Waals surface area (Å²) in [5.74, 6) is 1.30. The SMILES string of the molecule is OCC1CC(O)C(O)[C@@H](c2ccc(OCC3CCOCC3)cc2)O1. The zero-order valence-corrected chi connectivity index (χ0v) is 13.7. The predicted molar refractivity (Wildman–Crippen MR) is 86.8 cm³/mol. The molecule has 1 aromatic rings. The van der Waals surface area contributed by atoms with E-state index in [9.17, 15) is 15.3 Å². The normalized spacial score (nSPS) is 31.8. The van der Waals surface area contributed by atoms with E-state index in [1.54, 1.807) is 0 Å².